The number of ether oxygens (including phenoxy) is 2. The van der Waals surface area contributed by atoms with Crippen molar-refractivity contribution in [2.45, 2.75) is 89.4 Å². The van der Waals surface area contributed by atoms with Gasteiger partial charge in [-0.25, -0.2) is 8.42 Å². The van der Waals surface area contributed by atoms with E-state index < -0.39 is 15.1 Å². The van der Waals surface area contributed by atoms with E-state index in [1.165, 1.54) is 11.1 Å². The molecule has 5 rings (SSSR count). The molecular formula is C35H49N7O4S. The predicted molar refractivity (Wildman–Crippen MR) is 188 cm³/mol. The van der Waals surface area contributed by atoms with Gasteiger partial charge in [-0.05, 0) is 108 Å². The quantitative estimate of drug-likeness (QED) is 0.136. The maximum absolute atomic E-state index is 13.3. The van der Waals surface area contributed by atoms with Gasteiger partial charge in [0.05, 0.1) is 45.3 Å². The average Bonchev–Trinajstić information content (AvgIpc) is 3.46. The monoisotopic (exact) mass is 663 g/mol. The van der Waals surface area contributed by atoms with Crippen LogP contribution < -0.4 is 15.4 Å². The number of aryl methyl sites for hydroxylation is 1. The highest BCUT2D eigenvalue weighted by Gasteiger charge is 2.26. The molecule has 0 saturated carbocycles. The largest absolute Gasteiger partial charge is 0.489 e. The minimum absolute atomic E-state index is 0.0387. The molecule has 47 heavy (non-hydrogen) atoms. The lowest BCUT2D eigenvalue weighted by Crippen LogP contribution is -2.35. The first-order valence-electron chi connectivity index (χ1n) is 16.5. The summed E-state index contributed by atoms with van der Waals surface area (Å²) in [5.74, 6) is 2.05. The van der Waals surface area contributed by atoms with Crippen LogP contribution >= 0.6 is 0 Å². The molecular weight excluding hydrogens is 614 g/mol. The molecule has 254 valence electrons. The molecule has 0 spiro atoms. The van der Waals surface area contributed by atoms with Crippen molar-refractivity contribution >= 4 is 44.0 Å². The van der Waals surface area contributed by atoms with Crippen molar-refractivity contribution in [1.82, 2.24) is 25.1 Å². The Morgan fingerprint density at radius 2 is 1.72 bits per heavy atom. The van der Waals surface area contributed by atoms with E-state index in [9.17, 15) is 8.42 Å². The lowest BCUT2D eigenvalue weighted by Gasteiger charge is -2.33. The highest BCUT2D eigenvalue weighted by molar-refractivity contribution is 7.92. The fourth-order valence-electron chi connectivity index (χ4n) is 6.12. The molecule has 0 aliphatic carbocycles. The number of sulfone groups is 1. The van der Waals surface area contributed by atoms with Gasteiger partial charge < -0.3 is 25.0 Å². The van der Waals surface area contributed by atoms with E-state index in [2.05, 4.69) is 44.8 Å². The summed E-state index contributed by atoms with van der Waals surface area (Å²) in [4.78, 5) is 12.4. The maximum Gasteiger partial charge on any atom is 0.231 e. The molecule has 2 aromatic heterocycles. The summed E-state index contributed by atoms with van der Waals surface area (Å²) < 4.78 is 38.2. The van der Waals surface area contributed by atoms with Crippen LogP contribution in [0, 0.1) is 6.92 Å². The Hall–Kier alpha value is -3.74. The molecule has 3 heterocycles. The van der Waals surface area contributed by atoms with Crippen LogP contribution in [0.15, 0.2) is 41.3 Å². The molecule has 1 aliphatic rings. The zero-order valence-corrected chi connectivity index (χ0v) is 29.7. The van der Waals surface area contributed by atoms with Crippen molar-refractivity contribution < 1.29 is 17.9 Å². The summed E-state index contributed by atoms with van der Waals surface area (Å²) in [7, 11) is -1.82. The molecule has 0 bridgehead atoms. The number of aromatic amines is 1. The summed E-state index contributed by atoms with van der Waals surface area (Å²) in [5, 5.41) is 14.5. The van der Waals surface area contributed by atoms with E-state index >= 15 is 0 Å². The minimum atomic E-state index is -3.57. The Balaban J connectivity index is 1.52. The highest BCUT2D eigenvalue weighted by atomic mass is 32.2. The van der Waals surface area contributed by atoms with Crippen molar-refractivity contribution in [3.05, 3.63) is 53.2 Å². The molecule has 0 radical (unpaired) electrons. The van der Waals surface area contributed by atoms with Gasteiger partial charge in [0.2, 0.25) is 5.95 Å². The first-order chi connectivity index (χ1) is 22.4. The van der Waals surface area contributed by atoms with Crippen LogP contribution in [0.4, 0.5) is 23.1 Å². The van der Waals surface area contributed by atoms with Crippen LogP contribution in [-0.2, 0) is 14.6 Å². The highest BCUT2D eigenvalue weighted by Crippen LogP contribution is 2.39. The van der Waals surface area contributed by atoms with E-state index in [0.29, 0.717) is 34.4 Å². The van der Waals surface area contributed by atoms with Gasteiger partial charge in [-0.15, -0.1) is 0 Å². The Morgan fingerprint density at radius 1 is 1.00 bits per heavy atom. The number of para-hydroxylation sites is 1. The number of benzene rings is 2. The van der Waals surface area contributed by atoms with E-state index in [0.717, 1.165) is 56.2 Å². The van der Waals surface area contributed by atoms with Crippen LogP contribution in [0.1, 0.15) is 83.0 Å². The van der Waals surface area contributed by atoms with Gasteiger partial charge in [0.25, 0.3) is 0 Å². The topological polar surface area (TPSA) is 134 Å². The maximum atomic E-state index is 13.3. The average molecular weight is 664 g/mol. The predicted octanol–water partition coefficient (Wildman–Crippen LogP) is 7.07. The van der Waals surface area contributed by atoms with Crippen molar-refractivity contribution in [2.24, 2.45) is 0 Å². The number of nitrogens with one attached hydrogen (secondary N) is 3. The fourth-order valence-corrected chi connectivity index (χ4v) is 7.32. The molecule has 1 fully saturated rings. The van der Waals surface area contributed by atoms with Crippen LogP contribution in [0.2, 0.25) is 0 Å². The number of rotatable bonds is 13. The zero-order chi connectivity index (χ0) is 33.9. The molecule has 11 nitrogen and oxygen atoms in total. The Labute approximate surface area is 278 Å². The fraction of sp³-hybridized carbons (Fsp3) is 0.514. The lowest BCUT2D eigenvalue weighted by molar-refractivity contribution is 0.130. The number of anilines is 4. The normalized spacial score (nSPS) is 14.9. The number of hydrogen-bond acceptors (Lipinski definition) is 10. The zero-order valence-electron chi connectivity index (χ0n) is 28.8. The molecule has 0 atom stereocenters. The number of likely N-dealkylation sites (tertiary alicyclic amines) is 1. The summed E-state index contributed by atoms with van der Waals surface area (Å²) in [6.45, 7) is 17.4. The number of aromatic nitrogens is 4. The van der Waals surface area contributed by atoms with Crippen LogP contribution in [0.5, 0.6) is 5.75 Å². The molecule has 4 aromatic rings. The van der Waals surface area contributed by atoms with Gasteiger partial charge in [-0.1, -0.05) is 26.0 Å². The van der Waals surface area contributed by atoms with E-state index in [4.69, 9.17) is 19.4 Å². The van der Waals surface area contributed by atoms with Crippen molar-refractivity contribution in [1.29, 1.82) is 0 Å². The number of piperidine rings is 1. The Kier molecular flexibility index (Phi) is 10.7. The third kappa shape index (κ3) is 7.71. The molecule has 3 N–H and O–H groups in total. The second kappa shape index (κ2) is 14.6. The van der Waals surface area contributed by atoms with Gasteiger partial charge in [-0.3, -0.25) is 5.10 Å². The van der Waals surface area contributed by atoms with Gasteiger partial charge >= 0.3 is 0 Å². The van der Waals surface area contributed by atoms with Crippen LogP contribution in [0.25, 0.3) is 11.0 Å². The smallest absolute Gasteiger partial charge is 0.231 e. The van der Waals surface area contributed by atoms with Gasteiger partial charge in [0.15, 0.2) is 15.5 Å². The number of fused-ring (bicyclic) bond motifs is 1. The van der Waals surface area contributed by atoms with Gasteiger partial charge in [0.1, 0.15) is 11.6 Å². The number of hydrogen-bond donors (Lipinski definition) is 3. The molecule has 0 amide bonds. The number of nitrogens with zero attached hydrogens (tertiary/aromatic N) is 4. The molecule has 1 aliphatic heterocycles. The number of methoxy groups -OCH3 is 1. The third-order valence-corrected chi connectivity index (χ3v) is 10.9. The van der Waals surface area contributed by atoms with Crippen molar-refractivity contribution in [2.75, 3.05) is 44.0 Å². The summed E-state index contributed by atoms with van der Waals surface area (Å²) in [6.07, 6.45) is 2.13. The van der Waals surface area contributed by atoms with Crippen molar-refractivity contribution in [3.8, 4) is 5.75 Å². The summed E-state index contributed by atoms with van der Waals surface area (Å²) in [6, 6.07) is 11.2. The third-order valence-electron chi connectivity index (χ3n) is 8.68. The van der Waals surface area contributed by atoms with E-state index in [1.807, 2.05) is 27.7 Å². The summed E-state index contributed by atoms with van der Waals surface area (Å²) in [5.41, 5.74) is 5.01. The second-order valence-corrected chi connectivity index (χ2v) is 15.7. The molecule has 2 aromatic carbocycles. The molecule has 12 heteroatoms. The second-order valence-electron chi connectivity index (χ2n) is 13.2. The van der Waals surface area contributed by atoms with Crippen molar-refractivity contribution in [3.63, 3.8) is 0 Å². The Bertz CT molecular complexity index is 1800. The number of H-pyrrole nitrogens is 1. The van der Waals surface area contributed by atoms with Gasteiger partial charge in [0, 0.05) is 13.7 Å². The minimum Gasteiger partial charge on any atom is -0.489 e. The first kappa shape index (κ1) is 34.6. The van der Waals surface area contributed by atoms with Gasteiger partial charge in [-0.2, -0.15) is 15.1 Å². The standard InChI is InChI=1S/C35H49N7O4S/c1-21(2)32-31-33(36-27-11-9-10-12-30(27)47(43,44)23(5)6)38-35(39-34(31)41-40-32)37-28-19-24(7)26(20-29(28)46-22(3)4)25-13-15-42(16-14-25)17-18-45-8/h9-12,19-23,25H,13-18H2,1-8H3,(H3,36,37,38,39,40,41). The SMILES string of the molecule is COCCN1CCC(c2cc(OC(C)C)c(Nc3nc(Nc4ccccc4S(=O)(=O)C(C)C)c4c(C(C)C)n[nH]c4n3)cc2C)CC1. The molecule has 1 saturated heterocycles. The van der Waals surface area contributed by atoms with E-state index in [1.54, 1.807) is 45.2 Å². The first-order valence-corrected chi connectivity index (χ1v) is 18.1. The van der Waals surface area contributed by atoms with Crippen LogP contribution in [-0.4, -0.2) is 78.2 Å². The Morgan fingerprint density at radius 3 is 2.38 bits per heavy atom. The summed E-state index contributed by atoms with van der Waals surface area (Å²) >= 11 is 0. The molecule has 0 unspecified atom stereocenters. The van der Waals surface area contributed by atoms with Crippen LogP contribution in [0.3, 0.4) is 0 Å². The lowest BCUT2D eigenvalue weighted by atomic mass is 9.86. The van der Waals surface area contributed by atoms with E-state index in [-0.39, 0.29) is 16.9 Å².